The minimum Gasteiger partial charge on any atom is -0.393 e. The Bertz CT molecular complexity index is 166. The lowest BCUT2D eigenvalue weighted by atomic mass is 10.1. The quantitative estimate of drug-likeness (QED) is 0.651. The van der Waals surface area contributed by atoms with E-state index in [1.807, 2.05) is 0 Å². The molecule has 3 heteroatoms. The largest absolute Gasteiger partial charge is 0.393 e. The van der Waals surface area contributed by atoms with Crippen molar-refractivity contribution in [2.24, 2.45) is 17.6 Å². The average Bonchev–Trinajstić information content (AvgIpc) is 2.88. The molecule has 0 bridgehead atoms. The van der Waals surface area contributed by atoms with Crippen molar-refractivity contribution in [1.82, 2.24) is 4.90 Å². The van der Waals surface area contributed by atoms with Gasteiger partial charge in [0.2, 0.25) is 0 Å². The number of likely N-dealkylation sites (tertiary alicyclic amines) is 1. The minimum absolute atomic E-state index is 0.0410. The number of piperidine rings is 1. The van der Waals surface area contributed by atoms with Gasteiger partial charge in [-0.2, -0.15) is 0 Å². The van der Waals surface area contributed by atoms with Crippen molar-refractivity contribution in [1.29, 1.82) is 0 Å². The molecule has 2 fully saturated rings. The van der Waals surface area contributed by atoms with Crippen LogP contribution in [-0.2, 0) is 0 Å². The summed E-state index contributed by atoms with van der Waals surface area (Å²) in [6, 6.07) is 0. The van der Waals surface area contributed by atoms with Gasteiger partial charge in [0.15, 0.2) is 0 Å². The summed E-state index contributed by atoms with van der Waals surface area (Å²) in [6.45, 7) is 4.24. The first-order valence-corrected chi connectivity index (χ1v) is 5.40. The van der Waals surface area contributed by atoms with Crippen LogP contribution < -0.4 is 5.73 Å². The standard InChI is InChI=1S/C10H20N2O/c11-6-8-5-9(8)7-12-3-1-10(13)2-4-12/h8-10,13H,1-7,11H2. The van der Waals surface area contributed by atoms with E-state index in [1.54, 1.807) is 0 Å². The van der Waals surface area contributed by atoms with Crippen LogP contribution in [0.25, 0.3) is 0 Å². The molecular formula is C10H20N2O. The van der Waals surface area contributed by atoms with Crippen LogP contribution in [0, 0.1) is 11.8 Å². The Morgan fingerprint density at radius 3 is 2.46 bits per heavy atom. The van der Waals surface area contributed by atoms with Gasteiger partial charge in [0.05, 0.1) is 6.10 Å². The molecule has 0 amide bonds. The van der Waals surface area contributed by atoms with E-state index >= 15 is 0 Å². The first-order valence-electron chi connectivity index (χ1n) is 5.40. The molecule has 2 atom stereocenters. The van der Waals surface area contributed by atoms with Gasteiger partial charge in [-0.05, 0) is 37.6 Å². The zero-order valence-electron chi connectivity index (χ0n) is 8.15. The summed E-state index contributed by atoms with van der Waals surface area (Å²) in [5.41, 5.74) is 5.59. The number of aliphatic hydroxyl groups is 1. The van der Waals surface area contributed by atoms with E-state index in [9.17, 15) is 5.11 Å². The number of hydrogen-bond donors (Lipinski definition) is 2. The fourth-order valence-corrected chi connectivity index (χ4v) is 2.26. The summed E-state index contributed by atoms with van der Waals surface area (Å²) in [7, 11) is 0. The molecule has 0 aromatic carbocycles. The van der Waals surface area contributed by atoms with E-state index < -0.39 is 0 Å². The highest BCUT2D eigenvalue weighted by molar-refractivity contribution is 4.89. The molecule has 2 unspecified atom stereocenters. The van der Waals surface area contributed by atoms with Gasteiger partial charge in [0.25, 0.3) is 0 Å². The predicted molar refractivity (Wildman–Crippen MR) is 52.3 cm³/mol. The molecule has 3 nitrogen and oxygen atoms in total. The maximum atomic E-state index is 9.33. The second-order valence-electron chi connectivity index (χ2n) is 4.52. The average molecular weight is 184 g/mol. The van der Waals surface area contributed by atoms with Crippen molar-refractivity contribution < 1.29 is 5.11 Å². The lowest BCUT2D eigenvalue weighted by molar-refractivity contribution is 0.0798. The van der Waals surface area contributed by atoms with Gasteiger partial charge in [0.1, 0.15) is 0 Å². The molecule has 1 saturated carbocycles. The lowest BCUT2D eigenvalue weighted by Crippen LogP contribution is -2.37. The Hall–Kier alpha value is -0.120. The highest BCUT2D eigenvalue weighted by Gasteiger charge is 2.37. The van der Waals surface area contributed by atoms with Gasteiger partial charge in [-0.25, -0.2) is 0 Å². The van der Waals surface area contributed by atoms with Crippen LogP contribution in [-0.4, -0.2) is 42.3 Å². The van der Waals surface area contributed by atoms with Crippen molar-refractivity contribution in [2.75, 3.05) is 26.2 Å². The van der Waals surface area contributed by atoms with E-state index in [2.05, 4.69) is 4.90 Å². The van der Waals surface area contributed by atoms with Crippen molar-refractivity contribution >= 4 is 0 Å². The molecule has 0 radical (unpaired) electrons. The third-order valence-electron chi connectivity index (χ3n) is 3.42. The summed E-state index contributed by atoms with van der Waals surface area (Å²) in [5.74, 6) is 1.66. The molecular weight excluding hydrogens is 164 g/mol. The van der Waals surface area contributed by atoms with Crippen molar-refractivity contribution in [3.8, 4) is 0 Å². The summed E-state index contributed by atoms with van der Waals surface area (Å²) in [4.78, 5) is 2.48. The maximum absolute atomic E-state index is 9.33. The number of rotatable bonds is 3. The predicted octanol–water partition coefficient (Wildman–Crippen LogP) is 0.0379. The Balaban J connectivity index is 1.66. The second kappa shape index (κ2) is 3.95. The number of hydrogen-bond acceptors (Lipinski definition) is 3. The van der Waals surface area contributed by atoms with Crippen LogP contribution in [0.3, 0.4) is 0 Å². The van der Waals surface area contributed by atoms with Crippen LogP contribution in [0.1, 0.15) is 19.3 Å². The van der Waals surface area contributed by atoms with Crippen LogP contribution >= 0.6 is 0 Å². The molecule has 2 aliphatic rings. The third-order valence-corrected chi connectivity index (χ3v) is 3.42. The Morgan fingerprint density at radius 1 is 1.23 bits per heavy atom. The fraction of sp³-hybridized carbons (Fsp3) is 1.00. The Labute approximate surface area is 79.9 Å². The molecule has 0 aromatic heterocycles. The van der Waals surface area contributed by atoms with Crippen LogP contribution in [0.15, 0.2) is 0 Å². The number of nitrogens with zero attached hydrogens (tertiary/aromatic N) is 1. The molecule has 1 saturated heterocycles. The van der Waals surface area contributed by atoms with E-state index in [4.69, 9.17) is 5.73 Å². The van der Waals surface area contributed by atoms with Crippen molar-refractivity contribution in [3.05, 3.63) is 0 Å². The minimum atomic E-state index is -0.0410. The normalized spacial score (nSPS) is 36.5. The smallest absolute Gasteiger partial charge is 0.0564 e. The van der Waals surface area contributed by atoms with Crippen molar-refractivity contribution in [2.45, 2.75) is 25.4 Å². The van der Waals surface area contributed by atoms with Gasteiger partial charge in [-0.15, -0.1) is 0 Å². The zero-order chi connectivity index (χ0) is 9.26. The monoisotopic (exact) mass is 184 g/mol. The molecule has 3 N–H and O–H groups in total. The molecule has 1 heterocycles. The highest BCUT2D eigenvalue weighted by atomic mass is 16.3. The van der Waals surface area contributed by atoms with Crippen LogP contribution in [0.4, 0.5) is 0 Å². The zero-order valence-corrected chi connectivity index (χ0v) is 8.15. The maximum Gasteiger partial charge on any atom is 0.0564 e. The van der Waals surface area contributed by atoms with Gasteiger partial charge >= 0.3 is 0 Å². The third kappa shape index (κ3) is 2.42. The molecule has 0 aromatic rings. The summed E-state index contributed by atoms with van der Waals surface area (Å²) in [6.07, 6.45) is 3.20. The fourth-order valence-electron chi connectivity index (χ4n) is 2.26. The highest BCUT2D eigenvalue weighted by Crippen LogP contribution is 2.38. The topological polar surface area (TPSA) is 49.5 Å². The molecule has 1 aliphatic carbocycles. The van der Waals surface area contributed by atoms with Gasteiger partial charge in [-0.3, -0.25) is 0 Å². The van der Waals surface area contributed by atoms with Crippen LogP contribution in [0.2, 0.25) is 0 Å². The van der Waals surface area contributed by atoms with Gasteiger partial charge in [-0.1, -0.05) is 0 Å². The van der Waals surface area contributed by atoms with Gasteiger partial charge < -0.3 is 15.7 Å². The summed E-state index contributed by atoms with van der Waals surface area (Å²) < 4.78 is 0. The summed E-state index contributed by atoms with van der Waals surface area (Å²) >= 11 is 0. The summed E-state index contributed by atoms with van der Waals surface area (Å²) in [5, 5.41) is 9.33. The molecule has 1 aliphatic heterocycles. The van der Waals surface area contributed by atoms with E-state index in [-0.39, 0.29) is 6.10 Å². The number of aliphatic hydroxyl groups excluding tert-OH is 1. The SMILES string of the molecule is NCC1CC1CN1CCC(O)CC1. The Morgan fingerprint density at radius 2 is 1.92 bits per heavy atom. The van der Waals surface area contributed by atoms with E-state index in [1.165, 1.54) is 13.0 Å². The van der Waals surface area contributed by atoms with E-state index in [0.717, 1.165) is 44.3 Å². The molecule has 13 heavy (non-hydrogen) atoms. The van der Waals surface area contributed by atoms with Crippen LogP contribution in [0.5, 0.6) is 0 Å². The first kappa shape index (κ1) is 9.44. The first-order chi connectivity index (χ1) is 6.29. The lowest BCUT2D eigenvalue weighted by Gasteiger charge is -2.29. The second-order valence-corrected chi connectivity index (χ2v) is 4.52. The molecule has 0 spiro atoms. The molecule has 2 rings (SSSR count). The van der Waals surface area contributed by atoms with Crippen molar-refractivity contribution in [3.63, 3.8) is 0 Å². The number of nitrogens with two attached hydrogens (primary N) is 1. The molecule has 76 valence electrons. The van der Waals surface area contributed by atoms with Gasteiger partial charge in [0, 0.05) is 19.6 Å². The van der Waals surface area contributed by atoms with E-state index in [0.29, 0.717) is 0 Å². The Kier molecular flexibility index (Phi) is 2.86.